The molecule has 1 aliphatic heterocycles. The molecule has 3 aromatic rings. The second kappa shape index (κ2) is 9.50. The van der Waals surface area contributed by atoms with Gasteiger partial charge in [0.05, 0.1) is 16.7 Å². The highest BCUT2D eigenvalue weighted by atomic mass is 35.5. The number of aryl methyl sites for hydroxylation is 2. The zero-order valence-corrected chi connectivity index (χ0v) is 21.4. The number of fused-ring (bicyclic) bond motifs is 1. The average Bonchev–Trinajstić information content (AvgIpc) is 3.22. The smallest absolute Gasteiger partial charge is 0.270 e. The number of allylic oxidation sites excluding steroid dienone is 4. The predicted molar refractivity (Wildman–Crippen MR) is 139 cm³/mol. The fraction of sp³-hybridized carbons (Fsp3) is 0.370. The molecule has 186 valence electrons. The van der Waals surface area contributed by atoms with E-state index in [1.165, 1.54) is 0 Å². The number of halogens is 1. The molecule has 0 saturated carbocycles. The van der Waals surface area contributed by atoms with Crippen LogP contribution in [0.5, 0.6) is 0 Å². The number of nitrogens with zero attached hydrogens (tertiary/aromatic N) is 5. The summed E-state index contributed by atoms with van der Waals surface area (Å²) in [5, 5.41) is 7.89. The highest BCUT2D eigenvalue weighted by molar-refractivity contribution is 6.35. The molecular formula is C27H29ClN6O2. The average molecular weight is 505 g/mol. The molecule has 1 aromatic carbocycles. The molecule has 0 radical (unpaired) electrons. The largest absolute Gasteiger partial charge is 0.348 e. The van der Waals surface area contributed by atoms with Crippen LogP contribution in [0, 0.1) is 18.3 Å². The van der Waals surface area contributed by atoms with Crippen LogP contribution in [0.1, 0.15) is 46.2 Å². The van der Waals surface area contributed by atoms with Gasteiger partial charge in [-0.1, -0.05) is 42.8 Å². The first kappa shape index (κ1) is 24.2. The van der Waals surface area contributed by atoms with Gasteiger partial charge in [0.25, 0.3) is 11.8 Å². The number of aromatic nitrogens is 4. The Morgan fingerprint density at radius 1 is 1.19 bits per heavy atom. The molecule has 1 unspecified atom stereocenters. The Kier molecular flexibility index (Phi) is 6.38. The van der Waals surface area contributed by atoms with Crippen molar-refractivity contribution >= 4 is 34.4 Å². The van der Waals surface area contributed by atoms with E-state index in [1.807, 2.05) is 17.9 Å². The first-order chi connectivity index (χ1) is 17.3. The number of benzene rings is 1. The third kappa shape index (κ3) is 4.41. The molecule has 8 nitrogen and oxygen atoms in total. The molecular weight excluding hydrogens is 476 g/mol. The maximum absolute atomic E-state index is 13.6. The van der Waals surface area contributed by atoms with E-state index in [0.717, 1.165) is 12.0 Å². The van der Waals surface area contributed by atoms with Crippen molar-refractivity contribution in [2.24, 2.45) is 18.4 Å². The molecule has 3 atom stereocenters. The van der Waals surface area contributed by atoms with Crippen molar-refractivity contribution in [1.82, 2.24) is 30.0 Å². The molecule has 2 aromatic heterocycles. The lowest BCUT2D eigenvalue weighted by Crippen LogP contribution is -2.57. The Bertz CT molecular complexity index is 1380. The summed E-state index contributed by atoms with van der Waals surface area (Å²) in [6, 6.07) is 3.32. The van der Waals surface area contributed by atoms with Crippen LogP contribution < -0.4 is 5.32 Å². The summed E-state index contributed by atoms with van der Waals surface area (Å²) >= 11 is 6.43. The number of hydrogen-bond donors (Lipinski definition) is 1. The van der Waals surface area contributed by atoms with Gasteiger partial charge >= 0.3 is 0 Å². The zero-order chi connectivity index (χ0) is 25.4. The Morgan fingerprint density at radius 3 is 2.72 bits per heavy atom. The minimum Gasteiger partial charge on any atom is -0.348 e. The Labute approximate surface area is 215 Å². The molecule has 3 heterocycles. The third-order valence-electron chi connectivity index (χ3n) is 7.46. The molecule has 1 fully saturated rings. The molecule has 2 aliphatic rings. The van der Waals surface area contributed by atoms with Crippen molar-refractivity contribution in [2.45, 2.75) is 32.7 Å². The van der Waals surface area contributed by atoms with Crippen molar-refractivity contribution in [2.75, 3.05) is 13.1 Å². The van der Waals surface area contributed by atoms with Crippen molar-refractivity contribution in [3.8, 4) is 0 Å². The minimum atomic E-state index is -0.209. The molecule has 5 rings (SSSR count). The first-order valence-electron chi connectivity index (χ1n) is 12.1. The van der Waals surface area contributed by atoms with Crippen LogP contribution in [-0.4, -0.2) is 55.6 Å². The molecule has 2 amide bonds. The van der Waals surface area contributed by atoms with E-state index in [9.17, 15) is 9.59 Å². The Balaban J connectivity index is 1.42. The summed E-state index contributed by atoms with van der Waals surface area (Å²) in [5.74, 6) is -0.216. The van der Waals surface area contributed by atoms with E-state index in [4.69, 9.17) is 11.6 Å². The lowest BCUT2D eigenvalue weighted by molar-refractivity contribution is 0.0460. The van der Waals surface area contributed by atoms with Crippen LogP contribution >= 0.6 is 11.6 Å². The number of rotatable bonds is 4. The number of piperidine rings is 1. The maximum atomic E-state index is 13.6. The molecule has 1 aliphatic carbocycles. The number of carbonyl (C=O) groups excluding carboxylic acids is 2. The Morgan fingerprint density at radius 2 is 2.00 bits per heavy atom. The van der Waals surface area contributed by atoms with Crippen LogP contribution in [-0.2, 0) is 7.05 Å². The van der Waals surface area contributed by atoms with Crippen molar-refractivity contribution in [3.63, 3.8) is 0 Å². The van der Waals surface area contributed by atoms with Gasteiger partial charge in [-0.15, -0.1) is 0 Å². The van der Waals surface area contributed by atoms with Crippen LogP contribution in [0.2, 0.25) is 5.02 Å². The van der Waals surface area contributed by atoms with Gasteiger partial charge in [0.15, 0.2) is 0 Å². The highest BCUT2D eigenvalue weighted by Crippen LogP contribution is 2.41. The molecule has 9 heteroatoms. The highest BCUT2D eigenvalue weighted by Gasteiger charge is 2.43. The van der Waals surface area contributed by atoms with Crippen LogP contribution in [0.15, 0.2) is 55.0 Å². The summed E-state index contributed by atoms with van der Waals surface area (Å²) < 4.78 is 1.61. The van der Waals surface area contributed by atoms with E-state index in [2.05, 4.69) is 45.5 Å². The van der Waals surface area contributed by atoms with Crippen LogP contribution in [0.3, 0.4) is 0 Å². The maximum Gasteiger partial charge on any atom is 0.270 e. The second-order valence-corrected chi connectivity index (χ2v) is 10.3. The van der Waals surface area contributed by atoms with Gasteiger partial charge in [0.1, 0.15) is 11.2 Å². The van der Waals surface area contributed by atoms with Gasteiger partial charge in [-0.2, -0.15) is 5.10 Å². The molecule has 36 heavy (non-hydrogen) atoms. The fourth-order valence-electron chi connectivity index (χ4n) is 5.44. The SMILES string of the molecule is Cc1cnn(C)c1C(=O)N[C@@H]1CCN(C(=O)c2cc(Cl)c3nccnc3c2)C[C@@H]1C1(C)C=CC=CC1. The first-order valence-corrected chi connectivity index (χ1v) is 12.5. The Hall–Kier alpha value is -3.52. The van der Waals surface area contributed by atoms with Gasteiger partial charge in [-0.05, 0) is 42.9 Å². The summed E-state index contributed by atoms with van der Waals surface area (Å²) in [7, 11) is 1.77. The fourth-order valence-corrected chi connectivity index (χ4v) is 5.71. The summed E-state index contributed by atoms with van der Waals surface area (Å²) in [6.07, 6.45) is 14.8. The minimum absolute atomic E-state index is 0.0182. The molecule has 1 N–H and O–H groups in total. The summed E-state index contributed by atoms with van der Waals surface area (Å²) in [5.41, 5.74) is 2.84. The van der Waals surface area contributed by atoms with Crippen molar-refractivity contribution < 1.29 is 9.59 Å². The number of hydrogen-bond acceptors (Lipinski definition) is 5. The van der Waals surface area contributed by atoms with Gasteiger partial charge in [-0.25, -0.2) is 0 Å². The summed E-state index contributed by atoms with van der Waals surface area (Å²) in [4.78, 5) is 37.3. The van der Waals surface area contributed by atoms with Gasteiger partial charge in [-0.3, -0.25) is 24.2 Å². The second-order valence-electron chi connectivity index (χ2n) is 9.91. The lowest BCUT2D eigenvalue weighted by Gasteiger charge is -2.47. The number of likely N-dealkylation sites (tertiary alicyclic amines) is 1. The van der Waals surface area contributed by atoms with Gasteiger partial charge in [0.2, 0.25) is 0 Å². The quantitative estimate of drug-likeness (QED) is 0.577. The van der Waals surface area contributed by atoms with Gasteiger partial charge < -0.3 is 10.2 Å². The number of amides is 2. The summed E-state index contributed by atoms with van der Waals surface area (Å²) in [6.45, 7) is 5.12. The molecule has 0 bridgehead atoms. The van der Waals surface area contributed by atoms with E-state index in [1.54, 1.807) is 42.5 Å². The van der Waals surface area contributed by atoms with E-state index < -0.39 is 0 Å². The van der Waals surface area contributed by atoms with Gasteiger partial charge in [0, 0.05) is 50.1 Å². The number of nitrogens with one attached hydrogen (secondary N) is 1. The van der Waals surface area contributed by atoms with Crippen LogP contribution in [0.25, 0.3) is 11.0 Å². The standard InChI is InChI=1S/C27H29ClN6O2/c1-17-15-31-33(3)24(17)25(35)32-21-7-12-34(16-19(21)27(2)8-5-4-6-9-27)26(36)18-13-20(28)23-22(14-18)29-10-11-30-23/h4-6,8,10-11,13-15,19,21H,7,9,12,16H2,1-3H3,(H,32,35)/t19-,21+,27?/m0/s1. The predicted octanol–water partition coefficient (Wildman–Crippen LogP) is 4.11. The van der Waals surface area contributed by atoms with Crippen molar-refractivity contribution in [1.29, 1.82) is 0 Å². The topological polar surface area (TPSA) is 93.0 Å². The molecule has 1 saturated heterocycles. The van der Waals surface area contributed by atoms with Crippen LogP contribution in [0.4, 0.5) is 0 Å². The lowest BCUT2D eigenvalue weighted by atomic mass is 9.67. The third-order valence-corrected chi connectivity index (χ3v) is 7.74. The molecule has 0 spiro atoms. The monoisotopic (exact) mass is 504 g/mol. The van der Waals surface area contributed by atoms with E-state index >= 15 is 0 Å². The number of carbonyl (C=O) groups is 2. The normalized spacial score (nSPS) is 23.7. The van der Waals surface area contributed by atoms with E-state index in [-0.39, 0.29) is 29.2 Å². The zero-order valence-electron chi connectivity index (χ0n) is 20.6. The van der Waals surface area contributed by atoms with Crippen molar-refractivity contribution in [3.05, 3.63) is 76.9 Å². The van der Waals surface area contributed by atoms with E-state index in [0.29, 0.717) is 46.8 Å².